The maximum atomic E-state index is 12.5. The van der Waals surface area contributed by atoms with E-state index in [0.29, 0.717) is 19.5 Å². The van der Waals surface area contributed by atoms with Gasteiger partial charge in [-0.1, -0.05) is 30.3 Å². The molecule has 4 nitrogen and oxygen atoms in total. The third kappa shape index (κ3) is 4.04. The van der Waals surface area contributed by atoms with Gasteiger partial charge in [-0.25, -0.2) is 0 Å². The van der Waals surface area contributed by atoms with Gasteiger partial charge in [-0.3, -0.25) is 9.59 Å². The first-order valence-corrected chi connectivity index (χ1v) is 9.57. The zero-order valence-corrected chi connectivity index (χ0v) is 15.4. The Morgan fingerprint density at radius 2 is 1.80 bits per heavy atom. The molecule has 1 aliphatic rings. The highest BCUT2D eigenvalue weighted by atomic mass is 32.2. The standard InChI is InChI=1S/C20H22N2O2S/c1-15-5-3-4-6-18(15)22-12-11-21(14-20(22)24)19(23)13-16-7-9-17(25-2)10-8-16/h3-10H,11-14H2,1-2H3. The highest BCUT2D eigenvalue weighted by molar-refractivity contribution is 7.98. The summed E-state index contributed by atoms with van der Waals surface area (Å²) < 4.78 is 0. The number of thioether (sulfide) groups is 1. The van der Waals surface area contributed by atoms with Crippen LogP contribution in [0.2, 0.25) is 0 Å². The van der Waals surface area contributed by atoms with Gasteiger partial charge >= 0.3 is 0 Å². The summed E-state index contributed by atoms with van der Waals surface area (Å²) in [5, 5.41) is 0. The molecule has 1 heterocycles. The van der Waals surface area contributed by atoms with Crippen molar-refractivity contribution in [1.82, 2.24) is 4.90 Å². The van der Waals surface area contributed by atoms with Crippen LogP contribution < -0.4 is 4.90 Å². The van der Waals surface area contributed by atoms with Crippen LogP contribution in [0.3, 0.4) is 0 Å². The van der Waals surface area contributed by atoms with Gasteiger partial charge in [-0.2, -0.15) is 0 Å². The van der Waals surface area contributed by atoms with Crippen molar-refractivity contribution in [2.75, 3.05) is 30.8 Å². The summed E-state index contributed by atoms with van der Waals surface area (Å²) in [6.07, 6.45) is 2.37. The molecule has 0 radical (unpaired) electrons. The highest BCUT2D eigenvalue weighted by Gasteiger charge is 2.28. The second kappa shape index (κ2) is 7.74. The molecule has 0 atom stereocenters. The summed E-state index contributed by atoms with van der Waals surface area (Å²) >= 11 is 1.68. The fourth-order valence-electron chi connectivity index (χ4n) is 3.04. The molecule has 1 fully saturated rings. The van der Waals surface area contributed by atoms with E-state index in [1.807, 2.05) is 61.7 Å². The van der Waals surface area contributed by atoms with Crippen LogP contribution in [0.5, 0.6) is 0 Å². The van der Waals surface area contributed by atoms with Crippen molar-refractivity contribution in [3.63, 3.8) is 0 Å². The third-order valence-corrected chi connectivity index (χ3v) is 5.24. The third-order valence-electron chi connectivity index (χ3n) is 4.49. The SMILES string of the molecule is CSc1ccc(CC(=O)N2CCN(c3ccccc3C)C(=O)C2)cc1. The van der Waals surface area contributed by atoms with E-state index in [4.69, 9.17) is 0 Å². The summed E-state index contributed by atoms with van der Waals surface area (Å²) in [5.41, 5.74) is 2.99. The monoisotopic (exact) mass is 354 g/mol. The van der Waals surface area contributed by atoms with Crippen molar-refractivity contribution >= 4 is 29.3 Å². The average Bonchev–Trinajstić information content (AvgIpc) is 2.63. The number of para-hydroxylation sites is 1. The van der Waals surface area contributed by atoms with Gasteiger partial charge in [0, 0.05) is 23.7 Å². The lowest BCUT2D eigenvalue weighted by molar-refractivity contribution is -0.136. The predicted octanol–water partition coefficient (Wildman–Crippen LogP) is 3.13. The van der Waals surface area contributed by atoms with E-state index >= 15 is 0 Å². The summed E-state index contributed by atoms with van der Waals surface area (Å²) in [6.45, 7) is 3.26. The number of piperazine rings is 1. The minimum absolute atomic E-state index is 0.00897. The summed E-state index contributed by atoms with van der Waals surface area (Å²) in [7, 11) is 0. The highest BCUT2D eigenvalue weighted by Crippen LogP contribution is 2.22. The second-order valence-electron chi connectivity index (χ2n) is 6.17. The molecule has 1 saturated heterocycles. The number of amides is 2. The molecule has 2 amide bonds. The van der Waals surface area contributed by atoms with E-state index < -0.39 is 0 Å². The van der Waals surface area contributed by atoms with Crippen molar-refractivity contribution in [1.29, 1.82) is 0 Å². The van der Waals surface area contributed by atoms with Crippen molar-refractivity contribution < 1.29 is 9.59 Å². The molecule has 0 saturated carbocycles. The molecular formula is C20H22N2O2S. The maximum Gasteiger partial charge on any atom is 0.246 e. The quantitative estimate of drug-likeness (QED) is 0.792. The van der Waals surface area contributed by atoms with Gasteiger partial charge in [-0.05, 0) is 42.5 Å². The molecule has 2 aromatic carbocycles. The Kier molecular flexibility index (Phi) is 5.43. The minimum atomic E-state index is -0.0216. The van der Waals surface area contributed by atoms with Crippen molar-refractivity contribution in [3.05, 3.63) is 59.7 Å². The smallest absolute Gasteiger partial charge is 0.246 e. The van der Waals surface area contributed by atoms with E-state index in [-0.39, 0.29) is 18.4 Å². The number of anilines is 1. The van der Waals surface area contributed by atoms with E-state index in [9.17, 15) is 9.59 Å². The van der Waals surface area contributed by atoms with E-state index in [1.54, 1.807) is 21.6 Å². The second-order valence-corrected chi connectivity index (χ2v) is 7.05. The molecule has 2 aromatic rings. The first kappa shape index (κ1) is 17.5. The normalized spacial score (nSPS) is 14.7. The molecule has 0 aromatic heterocycles. The first-order valence-electron chi connectivity index (χ1n) is 8.35. The van der Waals surface area contributed by atoms with E-state index in [2.05, 4.69) is 0 Å². The average molecular weight is 354 g/mol. The molecule has 25 heavy (non-hydrogen) atoms. The molecule has 0 bridgehead atoms. The topological polar surface area (TPSA) is 40.6 Å². The van der Waals surface area contributed by atoms with Crippen LogP contribution in [0.25, 0.3) is 0 Å². The van der Waals surface area contributed by atoms with Crippen LogP contribution in [0, 0.1) is 6.92 Å². The Labute approximate surface area is 152 Å². The lowest BCUT2D eigenvalue weighted by Crippen LogP contribution is -2.53. The Bertz CT molecular complexity index is 774. The van der Waals surface area contributed by atoms with Crippen LogP contribution in [0.4, 0.5) is 5.69 Å². The molecule has 5 heteroatoms. The molecule has 0 spiro atoms. The van der Waals surface area contributed by atoms with Gasteiger partial charge < -0.3 is 9.80 Å². The lowest BCUT2D eigenvalue weighted by atomic mass is 10.1. The Morgan fingerprint density at radius 3 is 2.44 bits per heavy atom. The molecule has 130 valence electrons. The van der Waals surface area contributed by atoms with Gasteiger partial charge in [-0.15, -0.1) is 11.8 Å². The summed E-state index contributed by atoms with van der Waals surface area (Å²) in [4.78, 5) is 29.7. The van der Waals surface area contributed by atoms with Crippen LogP contribution in [0.15, 0.2) is 53.4 Å². The Balaban J connectivity index is 1.63. The molecular weight excluding hydrogens is 332 g/mol. The number of rotatable bonds is 4. The molecule has 3 rings (SSSR count). The first-order chi connectivity index (χ1) is 12.1. The zero-order chi connectivity index (χ0) is 17.8. The van der Waals surface area contributed by atoms with Crippen molar-refractivity contribution in [3.8, 4) is 0 Å². The number of benzene rings is 2. The van der Waals surface area contributed by atoms with Crippen molar-refractivity contribution in [2.24, 2.45) is 0 Å². The summed E-state index contributed by atoms with van der Waals surface area (Å²) in [5.74, 6) is -0.0127. The number of carbonyl (C=O) groups excluding carboxylic acids is 2. The van der Waals surface area contributed by atoms with E-state index in [1.165, 1.54) is 4.90 Å². The predicted molar refractivity (Wildman–Crippen MR) is 102 cm³/mol. The van der Waals surface area contributed by atoms with Gasteiger partial charge in [0.1, 0.15) is 6.54 Å². The van der Waals surface area contributed by atoms with Crippen LogP contribution >= 0.6 is 11.8 Å². The van der Waals surface area contributed by atoms with Crippen LogP contribution in [-0.4, -0.2) is 42.6 Å². The fourth-order valence-corrected chi connectivity index (χ4v) is 3.45. The molecule has 1 aliphatic heterocycles. The van der Waals surface area contributed by atoms with Crippen molar-refractivity contribution in [2.45, 2.75) is 18.2 Å². The fraction of sp³-hybridized carbons (Fsp3) is 0.300. The Hall–Kier alpha value is -2.27. The van der Waals surface area contributed by atoms with E-state index in [0.717, 1.165) is 16.8 Å². The number of hydrogen-bond donors (Lipinski definition) is 0. The summed E-state index contributed by atoms with van der Waals surface area (Å²) in [6, 6.07) is 15.9. The van der Waals surface area contributed by atoms with Gasteiger partial charge in [0.15, 0.2) is 0 Å². The molecule has 0 aliphatic carbocycles. The zero-order valence-electron chi connectivity index (χ0n) is 14.6. The lowest BCUT2D eigenvalue weighted by Gasteiger charge is -2.35. The van der Waals surface area contributed by atoms with Crippen LogP contribution in [-0.2, 0) is 16.0 Å². The number of nitrogens with zero attached hydrogens (tertiary/aromatic N) is 2. The molecule has 0 unspecified atom stereocenters. The maximum absolute atomic E-state index is 12.5. The van der Waals surface area contributed by atoms with Gasteiger partial charge in [0.05, 0.1) is 6.42 Å². The minimum Gasteiger partial charge on any atom is -0.331 e. The number of carbonyl (C=O) groups is 2. The number of hydrogen-bond acceptors (Lipinski definition) is 3. The van der Waals surface area contributed by atoms with Gasteiger partial charge in [0.2, 0.25) is 11.8 Å². The van der Waals surface area contributed by atoms with Crippen LogP contribution in [0.1, 0.15) is 11.1 Å². The Morgan fingerprint density at radius 1 is 1.08 bits per heavy atom. The number of aryl methyl sites for hydroxylation is 1. The van der Waals surface area contributed by atoms with Gasteiger partial charge in [0.25, 0.3) is 0 Å². The molecule has 0 N–H and O–H groups in total. The largest absolute Gasteiger partial charge is 0.331 e.